The van der Waals surface area contributed by atoms with Gasteiger partial charge in [-0.1, -0.05) is 17.4 Å². The zero-order valence-electron chi connectivity index (χ0n) is 15.9. The van der Waals surface area contributed by atoms with E-state index in [2.05, 4.69) is 24.9 Å². The molecule has 1 aromatic heterocycles. The van der Waals surface area contributed by atoms with Crippen LogP contribution in [0.2, 0.25) is 0 Å². The van der Waals surface area contributed by atoms with Crippen LogP contribution in [0.25, 0.3) is 10.2 Å². The van der Waals surface area contributed by atoms with E-state index >= 15 is 0 Å². The van der Waals surface area contributed by atoms with E-state index in [1.165, 1.54) is 22.3 Å². The highest BCUT2D eigenvalue weighted by molar-refractivity contribution is 7.22. The molecule has 1 amide bonds. The first-order chi connectivity index (χ1) is 13.6. The first kappa shape index (κ1) is 19.9. The molecule has 2 aromatic carbocycles. The summed E-state index contributed by atoms with van der Waals surface area (Å²) in [5.41, 5.74) is 1.27. The molecule has 0 fully saturated rings. The molecule has 0 unspecified atom stereocenters. The molecule has 0 aliphatic rings. The highest BCUT2D eigenvalue weighted by atomic mass is 32.1. The zero-order chi connectivity index (χ0) is 20.1. The molecule has 0 spiro atoms. The number of halogens is 1. The van der Waals surface area contributed by atoms with Gasteiger partial charge in [0.1, 0.15) is 11.3 Å². The average molecular weight is 397 g/mol. The SMILES string of the molecule is CC[NH+](CC)CCN(C(=O)c1ccc(C#N)cc1)c1nc2c(F)cccc2s1. The Balaban J connectivity index is 1.96. The Labute approximate surface area is 167 Å². The van der Waals surface area contributed by atoms with Crippen LogP contribution in [0.15, 0.2) is 42.5 Å². The molecule has 1 N–H and O–H groups in total. The largest absolute Gasteiger partial charge is 0.334 e. The second-order valence-electron chi connectivity index (χ2n) is 6.44. The predicted molar refractivity (Wildman–Crippen MR) is 109 cm³/mol. The topological polar surface area (TPSA) is 61.4 Å². The Bertz CT molecular complexity index is 1010. The molecule has 28 heavy (non-hydrogen) atoms. The van der Waals surface area contributed by atoms with Gasteiger partial charge in [0.15, 0.2) is 5.13 Å². The van der Waals surface area contributed by atoms with E-state index in [9.17, 15) is 9.18 Å². The summed E-state index contributed by atoms with van der Waals surface area (Å²) in [6, 6.07) is 13.4. The number of rotatable bonds is 7. The Morgan fingerprint density at radius 1 is 1.21 bits per heavy atom. The first-order valence-electron chi connectivity index (χ1n) is 9.28. The summed E-state index contributed by atoms with van der Waals surface area (Å²) < 4.78 is 14.8. The van der Waals surface area contributed by atoms with Crippen LogP contribution in [0.1, 0.15) is 29.8 Å². The van der Waals surface area contributed by atoms with Gasteiger partial charge in [0.05, 0.1) is 42.5 Å². The van der Waals surface area contributed by atoms with Crippen LogP contribution >= 0.6 is 11.3 Å². The fourth-order valence-electron chi connectivity index (χ4n) is 3.02. The maximum Gasteiger partial charge on any atom is 0.260 e. The third-order valence-corrected chi connectivity index (χ3v) is 5.83. The lowest BCUT2D eigenvalue weighted by molar-refractivity contribution is -0.894. The van der Waals surface area contributed by atoms with Gasteiger partial charge in [-0.15, -0.1) is 0 Å². The molecule has 0 bridgehead atoms. The van der Waals surface area contributed by atoms with Gasteiger partial charge in [0, 0.05) is 5.56 Å². The Hall–Kier alpha value is -2.82. The summed E-state index contributed by atoms with van der Waals surface area (Å²) in [5, 5.41) is 9.46. The van der Waals surface area contributed by atoms with Crippen molar-refractivity contribution in [2.24, 2.45) is 0 Å². The number of amides is 1. The van der Waals surface area contributed by atoms with E-state index in [-0.39, 0.29) is 17.2 Å². The summed E-state index contributed by atoms with van der Waals surface area (Å²) in [4.78, 5) is 20.6. The summed E-state index contributed by atoms with van der Waals surface area (Å²) in [6.07, 6.45) is 0. The number of likely N-dealkylation sites (N-methyl/N-ethyl adjacent to an activating group) is 1. The van der Waals surface area contributed by atoms with Crippen LogP contribution in [0.3, 0.4) is 0 Å². The number of nitriles is 1. The zero-order valence-corrected chi connectivity index (χ0v) is 16.7. The number of carbonyl (C=O) groups excluding carboxylic acids is 1. The maximum atomic E-state index is 14.1. The first-order valence-corrected chi connectivity index (χ1v) is 10.1. The standard InChI is InChI=1S/C21H21FN4OS/c1-3-25(4-2)12-13-26(20(27)16-10-8-15(14-23)9-11-16)21-24-19-17(22)6-5-7-18(19)28-21/h5-11H,3-4,12-13H2,1-2H3/p+1. The van der Waals surface area contributed by atoms with Crippen molar-refractivity contribution in [2.45, 2.75) is 13.8 Å². The molecule has 7 heteroatoms. The normalized spacial score (nSPS) is 11.0. The Kier molecular flexibility index (Phi) is 6.34. The number of fused-ring (bicyclic) bond motifs is 1. The van der Waals surface area contributed by atoms with Crippen molar-refractivity contribution < 1.29 is 14.1 Å². The van der Waals surface area contributed by atoms with E-state index in [0.717, 1.165) is 19.6 Å². The molecule has 0 aliphatic carbocycles. The lowest BCUT2D eigenvalue weighted by atomic mass is 10.1. The van der Waals surface area contributed by atoms with Gasteiger partial charge >= 0.3 is 0 Å². The molecule has 0 saturated carbocycles. The smallest absolute Gasteiger partial charge is 0.260 e. The van der Waals surface area contributed by atoms with Gasteiger partial charge in [0.25, 0.3) is 5.91 Å². The average Bonchev–Trinajstić information content (AvgIpc) is 3.16. The molecule has 0 atom stereocenters. The van der Waals surface area contributed by atoms with Gasteiger partial charge in [-0.2, -0.15) is 5.26 Å². The number of quaternary nitrogens is 1. The van der Waals surface area contributed by atoms with Gasteiger partial charge in [-0.3, -0.25) is 9.69 Å². The monoisotopic (exact) mass is 397 g/mol. The molecule has 3 aromatic rings. The fourth-order valence-corrected chi connectivity index (χ4v) is 4.02. The number of carbonyl (C=O) groups is 1. The molecule has 1 heterocycles. The van der Waals surface area contributed by atoms with Crippen molar-refractivity contribution in [1.29, 1.82) is 5.26 Å². The van der Waals surface area contributed by atoms with Crippen LogP contribution < -0.4 is 9.80 Å². The number of thiazole rings is 1. The Morgan fingerprint density at radius 2 is 1.93 bits per heavy atom. The summed E-state index contributed by atoms with van der Waals surface area (Å²) in [7, 11) is 0. The fraction of sp³-hybridized carbons (Fsp3) is 0.286. The van der Waals surface area contributed by atoms with E-state index in [0.29, 0.717) is 27.5 Å². The van der Waals surface area contributed by atoms with Crippen LogP contribution in [0.5, 0.6) is 0 Å². The lowest BCUT2D eigenvalue weighted by Crippen LogP contribution is -3.12. The minimum absolute atomic E-state index is 0.199. The number of nitrogens with one attached hydrogen (secondary N) is 1. The number of hydrogen-bond acceptors (Lipinski definition) is 4. The van der Waals surface area contributed by atoms with Crippen LogP contribution in [-0.4, -0.2) is 37.1 Å². The number of para-hydroxylation sites is 1. The van der Waals surface area contributed by atoms with Crippen molar-refractivity contribution in [1.82, 2.24) is 4.98 Å². The van der Waals surface area contributed by atoms with Gasteiger partial charge in [0.2, 0.25) is 0 Å². The molecule has 144 valence electrons. The Morgan fingerprint density at radius 3 is 2.54 bits per heavy atom. The van der Waals surface area contributed by atoms with Crippen molar-refractivity contribution in [3.63, 3.8) is 0 Å². The second-order valence-corrected chi connectivity index (χ2v) is 7.45. The molecule has 0 aliphatic heterocycles. The molecule has 0 saturated heterocycles. The number of hydrogen-bond donors (Lipinski definition) is 1. The second kappa shape index (κ2) is 8.91. The van der Waals surface area contributed by atoms with Crippen molar-refractivity contribution in [2.75, 3.05) is 31.1 Å². The number of aromatic nitrogens is 1. The quantitative estimate of drug-likeness (QED) is 0.667. The van der Waals surface area contributed by atoms with Gasteiger partial charge in [-0.05, 0) is 50.2 Å². The molecular formula is C21H22FN4OS+. The summed E-state index contributed by atoms with van der Waals surface area (Å²) in [5.74, 6) is -0.587. The van der Waals surface area contributed by atoms with Crippen molar-refractivity contribution in [3.05, 3.63) is 59.4 Å². The third kappa shape index (κ3) is 4.19. The van der Waals surface area contributed by atoms with Crippen LogP contribution in [0.4, 0.5) is 9.52 Å². The molecule has 3 rings (SSSR count). The summed E-state index contributed by atoms with van der Waals surface area (Å²) >= 11 is 1.31. The van der Waals surface area contributed by atoms with E-state index < -0.39 is 0 Å². The van der Waals surface area contributed by atoms with E-state index in [1.54, 1.807) is 41.3 Å². The predicted octanol–water partition coefficient (Wildman–Crippen LogP) is 2.88. The molecule has 0 radical (unpaired) electrons. The summed E-state index contributed by atoms with van der Waals surface area (Å²) in [6.45, 7) is 7.40. The highest BCUT2D eigenvalue weighted by Crippen LogP contribution is 2.30. The van der Waals surface area contributed by atoms with Crippen molar-refractivity contribution >= 4 is 32.6 Å². The van der Waals surface area contributed by atoms with Crippen LogP contribution in [-0.2, 0) is 0 Å². The molecule has 5 nitrogen and oxygen atoms in total. The third-order valence-electron chi connectivity index (χ3n) is 4.78. The van der Waals surface area contributed by atoms with Crippen molar-refractivity contribution in [3.8, 4) is 6.07 Å². The minimum atomic E-state index is -0.389. The number of anilines is 1. The number of nitrogens with zero attached hydrogens (tertiary/aromatic N) is 3. The van der Waals surface area contributed by atoms with Gasteiger partial charge in [-0.25, -0.2) is 9.37 Å². The maximum absolute atomic E-state index is 14.1. The number of benzene rings is 2. The minimum Gasteiger partial charge on any atom is -0.334 e. The van der Waals surface area contributed by atoms with Gasteiger partial charge < -0.3 is 4.90 Å². The van der Waals surface area contributed by atoms with Crippen LogP contribution in [0, 0.1) is 17.1 Å². The highest BCUT2D eigenvalue weighted by Gasteiger charge is 2.23. The van der Waals surface area contributed by atoms with E-state index in [4.69, 9.17) is 5.26 Å². The lowest BCUT2D eigenvalue weighted by Gasteiger charge is -2.23. The molecular weight excluding hydrogens is 375 g/mol. The van der Waals surface area contributed by atoms with E-state index in [1.807, 2.05) is 0 Å².